The molecular formula is C19H20O4. The van der Waals surface area contributed by atoms with Gasteiger partial charge in [0.15, 0.2) is 11.5 Å². The second-order valence-corrected chi connectivity index (χ2v) is 5.31. The molecule has 120 valence electrons. The molecule has 2 aromatic rings. The third-order valence-electron chi connectivity index (χ3n) is 3.93. The summed E-state index contributed by atoms with van der Waals surface area (Å²) in [6.45, 7) is 6.50. The first-order chi connectivity index (χ1) is 11.2. The Morgan fingerprint density at radius 3 is 2.61 bits per heavy atom. The van der Waals surface area contributed by atoms with Crippen molar-refractivity contribution in [2.75, 3.05) is 20.5 Å². The van der Waals surface area contributed by atoms with Crippen LogP contribution in [0, 0.1) is 0 Å². The molecule has 0 bridgehead atoms. The molecule has 0 aliphatic carbocycles. The zero-order valence-electron chi connectivity index (χ0n) is 13.4. The van der Waals surface area contributed by atoms with Crippen LogP contribution in [0.1, 0.15) is 24.0 Å². The highest BCUT2D eigenvalue weighted by Crippen LogP contribution is 2.43. The van der Waals surface area contributed by atoms with Crippen LogP contribution in [-0.2, 0) is 0 Å². The van der Waals surface area contributed by atoms with Crippen molar-refractivity contribution < 1.29 is 18.9 Å². The molecule has 0 N–H and O–H groups in total. The number of ether oxygens (including phenoxy) is 4. The van der Waals surface area contributed by atoms with Gasteiger partial charge in [-0.25, -0.2) is 0 Å². The van der Waals surface area contributed by atoms with Gasteiger partial charge in [-0.2, -0.15) is 0 Å². The molecule has 1 aliphatic heterocycles. The fourth-order valence-electron chi connectivity index (χ4n) is 2.74. The van der Waals surface area contributed by atoms with Crippen molar-refractivity contribution in [2.24, 2.45) is 0 Å². The number of methoxy groups -OCH3 is 1. The largest absolute Gasteiger partial charge is 0.496 e. The predicted octanol–water partition coefficient (Wildman–Crippen LogP) is 4.14. The Morgan fingerprint density at radius 2 is 1.87 bits per heavy atom. The average Bonchev–Trinajstić information content (AvgIpc) is 3.05. The second kappa shape index (κ2) is 6.65. The number of hydrogen-bond acceptors (Lipinski definition) is 4. The Kier molecular flexibility index (Phi) is 4.42. The van der Waals surface area contributed by atoms with E-state index in [0.717, 1.165) is 28.4 Å². The van der Waals surface area contributed by atoms with Crippen molar-refractivity contribution in [2.45, 2.75) is 12.8 Å². The first-order valence-electron chi connectivity index (χ1n) is 7.54. The maximum absolute atomic E-state index is 5.83. The normalized spacial score (nSPS) is 13.5. The number of benzene rings is 2. The maximum atomic E-state index is 5.83. The summed E-state index contributed by atoms with van der Waals surface area (Å²) in [5.74, 6) is 3.16. The Labute approximate surface area is 136 Å². The molecule has 4 heteroatoms. The van der Waals surface area contributed by atoms with E-state index in [0.29, 0.717) is 12.4 Å². The van der Waals surface area contributed by atoms with E-state index in [2.05, 4.69) is 19.6 Å². The van der Waals surface area contributed by atoms with Crippen molar-refractivity contribution in [3.05, 3.63) is 60.2 Å². The Bertz CT molecular complexity index is 709. The molecule has 0 saturated heterocycles. The van der Waals surface area contributed by atoms with E-state index >= 15 is 0 Å². The van der Waals surface area contributed by atoms with Gasteiger partial charge < -0.3 is 18.9 Å². The highest BCUT2D eigenvalue weighted by molar-refractivity contribution is 5.55. The zero-order chi connectivity index (χ0) is 16.2. The number of fused-ring (bicyclic) bond motifs is 1. The topological polar surface area (TPSA) is 36.9 Å². The van der Waals surface area contributed by atoms with Crippen LogP contribution in [-0.4, -0.2) is 20.5 Å². The number of rotatable bonds is 6. The summed E-state index contributed by atoms with van der Waals surface area (Å²) in [7, 11) is 1.68. The van der Waals surface area contributed by atoms with Gasteiger partial charge in [-0.3, -0.25) is 0 Å². The van der Waals surface area contributed by atoms with Crippen molar-refractivity contribution in [1.29, 1.82) is 0 Å². The van der Waals surface area contributed by atoms with Gasteiger partial charge in [0.2, 0.25) is 6.79 Å². The zero-order valence-corrected chi connectivity index (χ0v) is 13.4. The molecule has 23 heavy (non-hydrogen) atoms. The molecule has 3 rings (SSSR count). The van der Waals surface area contributed by atoms with Gasteiger partial charge in [0, 0.05) is 23.1 Å². The van der Waals surface area contributed by atoms with Crippen LogP contribution in [0.4, 0.5) is 0 Å². The molecule has 0 saturated carbocycles. The summed E-state index contributed by atoms with van der Waals surface area (Å²) < 4.78 is 22.3. The second-order valence-electron chi connectivity index (χ2n) is 5.31. The van der Waals surface area contributed by atoms with E-state index < -0.39 is 0 Å². The minimum atomic E-state index is 0.0838. The molecular weight excluding hydrogens is 292 g/mol. The molecule has 0 aromatic heterocycles. The standard InChI is InChI=1S/C19H20O4/c1-4-9-21-17-11-19-18(22-12-23-19)10-15(17)13(2)14-7-5-6-8-16(14)20-3/h4-8,10-11,13H,1,9,12H2,2-3H3/t13-/m0/s1. The lowest BCUT2D eigenvalue weighted by Gasteiger charge is -2.19. The number of para-hydroxylation sites is 1. The van der Waals surface area contributed by atoms with Crippen LogP contribution in [0.5, 0.6) is 23.0 Å². The van der Waals surface area contributed by atoms with E-state index in [1.54, 1.807) is 13.2 Å². The average molecular weight is 312 g/mol. The van der Waals surface area contributed by atoms with Gasteiger partial charge in [0.05, 0.1) is 7.11 Å². The Balaban J connectivity index is 2.04. The Hall–Kier alpha value is -2.62. The smallest absolute Gasteiger partial charge is 0.231 e. The van der Waals surface area contributed by atoms with Crippen LogP contribution in [0.3, 0.4) is 0 Å². The molecule has 0 radical (unpaired) electrons. The highest BCUT2D eigenvalue weighted by Gasteiger charge is 2.23. The summed E-state index contributed by atoms with van der Waals surface area (Å²) in [6.07, 6.45) is 1.72. The minimum Gasteiger partial charge on any atom is -0.496 e. The minimum absolute atomic E-state index is 0.0838. The monoisotopic (exact) mass is 312 g/mol. The lowest BCUT2D eigenvalue weighted by Crippen LogP contribution is -2.04. The van der Waals surface area contributed by atoms with Crippen molar-refractivity contribution in [1.82, 2.24) is 0 Å². The van der Waals surface area contributed by atoms with Crippen LogP contribution in [0.2, 0.25) is 0 Å². The van der Waals surface area contributed by atoms with Gasteiger partial charge >= 0.3 is 0 Å². The first kappa shape index (κ1) is 15.3. The molecule has 0 amide bonds. The van der Waals surface area contributed by atoms with E-state index in [1.165, 1.54) is 0 Å². The quantitative estimate of drug-likeness (QED) is 0.751. The summed E-state index contributed by atoms with van der Waals surface area (Å²) in [4.78, 5) is 0. The summed E-state index contributed by atoms with van der Waals surface area (Å²) in [5.41, 5.74) is 2.12. The fraction of sp³-hybridized carbons (Fsp3) is 0.263. The molecule has 2 aromatic carbocycles. The SMILES string of the molecule is C=CCOc1cc2c(cc1[C@@H](C)c1ccccc1OC)OCO2. The molecule has 0 fully saturated rings. The van der Waals surface area contributed by atoms with Crippen LogP contribution in [0.25, 0.3) is 0 Å². The molecule has 0 unspecified atom stereocenters. The lowest BCUT2D eigenvalue weighted by molar-refractivity contribution is 0.174. The summed E-state index contributed by atoms with van der Waals surface area (Å²) in [6, 6.07) is 11.9. The third-order valence-corrected chi connectivity index (χ3v) is 3.93. The van der Waals surface area contributed by atoms with Crippen molar-refractivity contribution >= 4 is 0 Å². The van der Waals surface area contributed by atoms with Gasteiger partial charge in [0.1, 0.15) is 18.1 Å². The van der Waals surface area contributed by atoms with E-state index in [9.17, 15) is 0 Å². The molecule has 1 heterocycles. The van der Waals surface area contributed by atoms with Gasteiger partial charge in [-0.05, 0) is 12.1 Å². The van der Waals surface area contributed by atoms with E-state index in [4.69, 9.17) is 18.9 Å². The van der Waals surface area contributed by atoms with Crippen LogP contribution in [0.15, 0.2) is 49.1 Å². The lowest BCUT2D eigenvalue weighted by atomic mass is 9.91. The van der Waals surface area contributed by atoms with Gasteiger partial charge in [-0.1, -0.05) is 37.8 Å². The highest BCUT2D eigenvalue weighted by atomic mass is 16.7. The fourth-order valence-corrected chi connectivity index (χ4v) is 2.74. The number of hydrogen-bond donors (Lipinski definition) is 0. The van der Waals surface area contributed by atoms with Crippen LogP contribution < -0.4 is 18.9 Å². The van der Waals surface area contributed by atoms with Crippen molar-refractivity contribution in [3.8, 4) is 23.0 Å². The summed E-state index contributed by atoms with van der Waals surface area (Å²) in [5, 5.41) is 0. The molecule has 4 nitrogen and oxygen atoms in total. The van der Waals surface area contributed by atoms with E-state index in [-0.39, 0.29) is 12.7 Å². The van der Waals surface area contributed by atoms with Crippen LogP contribution >= 0.6 is 0 Å². The van der Waals surface area contributed by atoms with Gasteiger partial charge in [-0.15, -0.1) is 0 Å². The molecule has 0 spiro atoms. The first-order valence-corrected chi connectivity index (χ1v) is 7.54. The summed E-state index contributed by atoms with van der Waals surface area (Å²) >= 11 is 0. The maximum Gasteiger partial charge on any atom is 0.231 e. The third kappa shape index (κ3) is 2.97. The molecule has 1 atom stereocenters. The van der Waals surface area contributed by atoms with E-state index in [1.807, 2.05) is 30.3 Å². The Morgan fingerprint density at radius 1 is 1.13 bits per heavy atom. The van der Waals surface area contributed by atoms with Gasteiger partial charge in [0.25, 0.3) is 0 Å². The van der Waals surface area contributed by atoms with Crippen molar-refractivity contribution in [3.63, 3.8) is 0 Å². The predicted molar refractivity (Wildman–Crippen MR) is 88.8 cm³/mol. The molecule has 1 aliphatic rings.